The first-order valence-corrected chi connectivity index (χ1v) is 9.48. The lowest BCUT2D eigenvalue weighted by Crippen LogP contribution is -2.26. The van der Waals surface area contributed by atoms with Crippen molar-refractivity contribution < 1.29 is 4.79 Å². The monoisotopic (exact) mass is 409 g/mol. The largest absolute Gasteiger partial charge is 0.338 e. The first-order valence-electron chi connectivity index (χ1n) is 8.73. The Morgan fingerprint density at radius 2 is 1.71 bits per heavy atom. The topological polar surface area (TPSA) is 49.0 Å². The fourth-order valence-electron chi connectivity index (χ4n) is 3.13. The molecule has 1 aromatic heterocycles. The van der Waals surface area contributed by atoms with Crippen LogP contribution < -0.4 is 4.90 Å². The van der Waals surface area contributed by atoms with Crippen LogP contribution in [0.4, 0.5) is 5.69 Å². The maximum Gasteiger partial charge on any atom is 0.258 e. The molecule has 0 aliphatic carbocycles. The van der Waals surface area contributed by atoms with Gasteiger partial charge in [-0.15, -0.1) is 0 Å². The summed E-state index contributed by atoms with van der Waals surface area (Å²) in [6, 6.07) is 18.5. The van der Waals surface area contributed by atoms with Crippen LogP contribution in [-0.2, 0) is 0 Å². The van der Waals surface area contributed by atoms with Gasteiger partial charge in [-0.1, -0.05) is 41.4 Å². The molecule has 0 fully saturated rings. The lowest BCUT2D eigenvalue weighted by Gasteiger charge is -2.18. The summed E-state index contributed by atoms with van der Waals surface area (Å²) in [5.41, 5.74) is 4.64. The summed E-state index contributed by atoms with van der Waals surface area (Å²) in [4.78, 5) is 22.4. The molecule has 1 amide bonds. The molecule has 6 heteroatoms. The van der Waals surface area contributed by atoms with E-state index in [1.807, 2.05) is 37.3 Å². The second kappa shape index (κ2) is 7.30. The van der Waals surface area contributed by atoms with E-state index in [9.17, 15) is 4.79 Å². The molecule has 0 radical (unpaired) electrons. The Hall–Kier alpha value is -2.82. The van der Waals surface area contributed by atoms with E-state index in [1.165, 1.54) is 0 Å². The molecule has 28 heavy (non-hydrogen) atoms. The van der Waals surface area contributed by atoms with Crippen LogP contribution in [0.3, 0.4) is 0 Å². The lowest BCUT2D eigenvalue weighted by atomic mass is 10.1. The lowest BCUT2D eigenvalue weighted by molar-refractivity contribution is 0.0993. The number of H-pyrrole nitrogens is 1. The van der Waals surface area contributed by atoms with E-state index >= 15 is 0 Å². The first-order chi connectivity index (χ1) is 13.4. The average molecular weight is 410 g/mol. The normalized spacial score (nSPS) is 11.0. The van der Waals surface area contributed by atoms with Crippen molar-refractivity contribution in [2.75, 3.05) is 11.9 Å². The van der Waals surface area contributed by atoms with Gasteiger partial charge in [-0.2, -0.15) is 0 Å². The Labute approximate surface area is 172 Å². The number of imidazole rings is 1. The molecule has 4 aromatic rings. The van der Waals surface area contributed by atoms with E-state index in [2.05, 4.69) is 9.97 Å². The number of benzene rings is 3. The number of carbonyl (C=O) groups is 1. The van der Waals surface area contributed by atoms with Crippen molar-refractivity contribution >= 4 is 45.8 Å². The van der Waals surface area contributed by atoms with Crippen molar-refractivity contribution in [1.82, 2.24) is 9.97 Å². The number of amides is 1. The second-order valence-electron chi connectivity index (χ2n) is 6.62. The van der Waals surface area contributed by atoms with Crippen molar-refractivity contribution in [3.8, 4) is 11.4 Å². The van der Waals surface area contributed by atoms with E-state index in [0.717, 1.165) is 22.3 Å². The van der Waals surface area contributed by atoms with Gasteiger partial charge < -0.3 is 9.88 Å². The average Bonchev–Trinajstić information content (AvgIpc) is 3.09. The molecule has 3 aromatic carbocycles. The maximum absolute atomic E-state index is 12.9. The predicted octanol–water partition coefficient (Wildman–Crippen LogP) is 6.12. The minimum Gasteiger partial charge on any atom is -0.338 e. The van der Waals surface area contributed by atoms with Gasteiger partial charge in [0.2, 0.25) is 0 Å². The SMILES string of the molecule is Cc1cccc(N(C)C(=O)c2ccc3nc(-c4c(Cl)cccc4Cl)[nH]c3c2)c1. The molecule has 0 saturated carbocycles. The van der Waals surface area contributed by atoms with Crippen LogP contribution in [0, 0.1) is 6.92 Å². The molecule has 1 heterocycles. The minimum atomic E-state index is -0.0978. The molecule has 1 N–H and O–H groups in total. The summed E-state index contributed by atoms with van der Waals surface area (Å²) < 4.78 is 0. The zero-order valence-corrected chi connectivity index (χ0v) is 16.8. The molecule has 0 unspecified atom stereocenters. The number of carbonyl (C=O) groups excluding carboxylic acids is 1. The Bertz CT molecular complexity index is 1180. The van der Waals surface area contributed by atoms with Gasteiger partial charge in [0.15, 0.2) is 0 Å². The molecule has 0 aliphatic heterocycles. The number of aromatic nitrogens is 2. The van der Waals surface area contributed by atoms with Crippen LogP contribution >= 0.6 is 23.2 Å². The second-order valence-corrected chi connectivity index (χ2v) is 7.43. The molecule has 140 valence electrons. The van der Waals surface area contributed by atoms with Crippen LogP contribution in [-0.4, -0.2) is 22.9 Å². The number of halogens is 2. The summed E-state index contributed by atoms with van der Waals surface area (Å²) in [7, 11) is 1.77. The number of aromatic amines is 1. The summed E-state index contributed by atoms with van der Waals surface area (Å²) in [5.74, 6) is 0.474. The number of fused-ring (bicyclic) bond motifs is 1. The summed E-state index contributed by atoms with van der Waals surface area (Å²) in [6.07, 6.45) is 0. The Morgan fingerprint density at radius 3 is 2.43 bits per heavy atom. The number of rotatable bonds is 3. The number of hydrogen-bond acceptors (Lipinski definition) is 2. The molecular weight excluding hydrogens is 393 g/mol. The van der Waals surface area contributed by atoms with Crippen molar-refractivity contribution in [3.63, 3.8) is 0 Å². The van der Waals surface area contributed by atoms with Crippen LogP contribution in [0.15, 0.2) is 60.7 Å². The van der Waals surface area contributed by atoms with E-state index in [1.54, 1.807) is 42.3 Å². The summed E-state index contributed by atoms with van der Waals surface area (Å²) in [6.45, 7) is 2.00. The molecule has 0 bridgehead atoms. The molecule has 0 spiro atoms. The van der Waals surface area contributed by atoms with E-state index < -0.39 is 0 Å². The third-order valence-corrected chi connectivity index (χ3v) is 5.25. The van der Waals surface area contributed by atoms with Gasteiger partial charge in [0, 0.05) is 18.3 Å². The van der Waals surface area contributed by atoms with E-state index in [4.69, 9.17) is 23.2 Å². The third kappa shape index (κ3) is 3.37. The van der Waals surface area contributed by atoms with Gasteiger partial charge in [-0.05, 0) is 55.0 Å². The highest BCUT2D eigenvalue weighted by atomic mass is 35.5. The van der Waals surface area contributed by atoms with Crippen LogP contribution in [0.2, 0.25) is 10.0 Å². The molecular formula is C22H17Cl2N3O. The number of aryl methyl sites for hydroxylation is 1. The number of hydrogen-bond donors (Lipinski definition) is 1. The summed E-state index contributed by atoms with van der Waals surface area (Å²) in [5, 5.41) is 1.03. The van der Waals surface area contributed by atoms with Crippen molar-refractivity contribution in [1.29, 1.82) is 0 Å². The number of nitrogens with zero attached hydrogens (tertiary/aromatic N) is 2. The minimum absolute atomic E-state index is 0.0978. The number of nitrogens with one attached hydrogen (secondary N) is 1. The van der Waals surface area contributed by atoms with E-state index in [-0.39, 0.29) is 5.91 Å². The van der Waals surface area contributed by atoms with Gasteiger partial charge in [0.1, 0.15) is 5.82 Å². The quantitative estimate of drug-likeness (QED) is 0.442. The highest BCUT2D eigenvalue weighted by Gasteiger charge is 2.17. The smallest absolute Gasteiger partial charge is 0.258 e. The zero-order valence-electron chi connectivity index (χ0n) is 15.3. The zero-order chi connectivity index (χ0) is 19.8. The number of anilines is 1. The fourth-order valence-corrected chi connectivity index (χ4v) is 3.71. The third-order valence-electron chi connectivity index (χ3n) is 4.62. The van der Waals surface area contributed by atoms with Crippen molar-refractivity contribution in [3.05, 3.63) is 81.8 Å². The van der Waals surface area contributed by atoms with Gasteiger partial charge in [0.25, 0.3) is 5.91 Å². The standard InChI is InChI=1S/C22H17Cl2N3O/c1-13-5-3-6-15(11-13)27(2)22(28)14-9-10-18-19(12-14)26-21(25-18)20-16(23)7-4-8-17(20)24/h3-12H,1-2H3,(H,25,26). The maximum atomic E-state index is 12.9. The Morgan fingerprint density at radius 1 is 1.00 bits per heavy atom. The first kappa shape index (κ1) is 18.5. The Balaban J connectivity index is 1.71. The molecule has 0 saturated heterocycles. The van der Waals surface area contributed by atoms with Crippen LogP contribution in [0.1, 0.15) is 15.9 Å². The van der Waals surface area contributed by atoms with E-state index in [0.29, 0.717) is 27.0 Å². The fraction of sp³-hybridized carbons (Fsp3) is 0.0909. The van der Waals surface area contributed by atoms with Gasteiger partial charge in [-0.3, -0.25) is 4.79 Å². The molecule has 0 atom stereocenters. The predicted molar refractivity (Wildman–Crippen MR) is 115 cm³/mol. The van der Waals surface area contributed by atoms with Crippen molar-refractivity contribution in [2.45, 2.75) is 6.92 Å². The Kier molecular flexibility index (Phi) is 4.84. The summed E-state index contributed by atoms with van der Waals surface area (Å²) >= 11 is 12.6. The molecule has 4 rings (SSSR count). The van der Waals surface area contributed by atoms with Crippen LogP contribution in [0.25, 0.3) is 22.4 Å². The van der Waals surface area contributed by atoms with Gasteiger partial charge in [-0.25, -0.2) is 4.98 Å². The van der Waals surface area contributed by atoms with Crippen molar-refractivity contribution in [2.24, 2.45) is 0 Å². The molecule has 0 aliphatic rings. The molecule has 4 nitrogen and oxygen atoms in total. The van der Waals surface area contributed by atoms with Crippen LogP contribution in [0.5, 0.6) is 0 Å². The highest BCUT2D eigenvalue weighted by molar-refractivity contribution is 6.39. The van der Waals surface area contributed by atoms with Gasteiger partial charge in [0.05, 0.1) is 26.6 Å². The van der Waals surface area contributed by atoms with Gasteiger partial charge >= 0.3 is 0 Å². The highest BCUT2D eigenvalue weighted by Crippen LogP contribution is 2.34.